The molecule has 4 aromatic rings. The maximum Gasteiger partial charge on any atom is 0.275 e. The van der Waals surface area contributed by atoms with E-state index in [0.717, 1.165) is 27.3 Å². The normalized spacial score (nSPS) is 11.0. The molecular weight excluding hydrogens is 388 g/mol. The number of pyridine rings is 1. The first-order valence-corrected chi connectivity index (χ1v) is 9.87. The van der Waals surface area contributed by atoms with E-state index in [0.29, 0.717) is 17.4 Å². The van der Waals surface area contributed by atoms with Gasteiger partial charge in [-0.2, -0.15) is 5.10 Å². The molecular formula is C20H20N6O2S. The minimum absolute atomic E-state index is 0.0753. The molecule has 1 amide bonds. The van der Waals surface area contributed by atoms with Gasteiger partial charge in [0, 0.05) is 38.1 Å². The van der Waals surface area contributed by atoms with E-state index in [-0.39, 0.29) is 12.5 Å². The molecule has 4 rings (SSSR count). The van der Waals surface area contributed by atoms with Gasteiger partial charge in [0.1, 0.15) is 16.0 Å². The third-order valence-electron chi connectivity index (χ3n) is 4.56. The number of carbonyl (C=O) groups is 1. The van der Waals surface area contributed by atoms with Crippen molar-refractivity contribution in [2.24, 2.45) is 7.05 Å². The maximum atomic E-state index is 12.4. The van der Waals surface area contributed by atoms with Crippen molar-refractivity contribution >= 4 is 38.4 Å². The number of rotatable bonds is 6. The third-order valence-corrected chi connectivity index (χ3v) is 5.44. The summed E-state index contributed by atoms with van der Waals surface area (Å²) in [5.41, 5.74) is 3.95. The number of aliphatic hydroxyl groups excluding tert-OH is 1. The summed E-state index contributed by atoms with van der Waals surface area (Å²) < 4.78 is 1.51. The van der Waals surface area contributed by atoms with E-state index in [1.807, 2.05) is 48.3 Å². The van der Waals surface area contributed by atoms with Crippen LogP contribution in [0.3, 0.4) is 0 Å². The predicted octanol–water partition coefficient (Wildman–Crippen LogP) is 2.77. The third kappa shape index (κ3) is 3.82. The number of carbonyl (C=O) groups excluding carboxylic acids is 1. The lowest BCUT2D eigenvalue weighted by molar-refractivity contribution is 0.101. The standard InChI is InChI=1S/C20H20N6O2S/c1-25(11-12-27)16-6-4-3-5-13(16)14-7-8-15-19(22-14)29-20(23-15)24-18(28)17-9-10-21-26(17)2/h3-10,27H,11-12H2,1-2H3,(H,23,24,28). The highest BCUT2D eigenvalue weighted by molar-refractivity contribution is 7.22. The Bertz CT molecular complexity index is 1170. The highest BCUT2D eigenvalue weighted by atomic mass is 32.1. The van der Waals surface area contributed by atoms with Gasteiger partial charge in [0.05, 0.1) is 12.3 Å². The lowest BCUT2D eigenvalue weighted by Crippen LogP contribution is -2.21. The number of hydrogen-bond acceptors (Lipinski definition) is 7. The van der Waals surface area contributed by atoms with Crippen molar-refractivity contribution < 1.29 is 9.90 Å². The molecule has 0 aliphatic rings. The Morgan fingerprint density at radius 1 is 1.21 bits per heavy atom. The molecule has 148 valence electrons. The first kappa shape index (κ1) is 19.0. The Morgan fingerprint density at radius 2 is 2.03 bits per heavy atom. The summed E-state index contributed by atoms with van der Waals surface area (Å²) >= 11 is 1.32. The number of aryl methyl sites for hydroxylation is 1. The Morgan fingerprint density at radius 3 is 2.79 bits per heavy atom. The van der Waals surface area contributed by atoms with Crippen LogP contribution in [-0.4, -0.2) is 51.0 Å². The molecule has 0 saturated heterocycles. The van der Waals surface area contributed by atoms with Gasteiger partial charge in [-0.1, -0.05) is 29.5 Å². The van der Waals surface area contributed by atoms with Crippen LogP contribution in [0.2, 0.25) is 0 Å². The largest absolute Gasteiger partial charge is 0.395 e. The number of nitrogens with one attached hydrogen (secondary N) is 1. The number of anilines is 2. The molecule has 0 saturated carbocycles. The van der Waals surface area contributed by atoms with Crippen LogP contribution >= 0.6 is 11.3 Å². The summed E-state index contributed by atoms with van der Waals surface area (Å²) in [5, 5.41) is 16.6. The molecule has 0 fully saturated rings. The van der Waals surface area contributed by atoms with Gasteiger partial charge in [0.2, 0.25) is 0 Å². The van der Waals surface area contributed by atoms with Crippen molar-refractivity contribution in [2.45, 2.75) is 0 Å². The van der Waals surface area contributed by atoms with Crippen molar-refractivity contribution in [2.75, 3.05) is 30.4 Å². The average Bonchev–Trinajstić information content (AvgIpc) is 3.32. The molecule has 0 unspecified atom stereocenters. The topological polar surface area (TPSA) is 96.2 Å². The zero-order valence-electron chi connectivity index (χ0n) is 16.0. The number of nitrogens with zero attached hydrogens (tertiary/aromatic N) is 5. The van der Waals surface area contributed by atoms with E-state index < -0.39 is 0 Å². The van der Waals surface area contributed by atoms with E-state index in [1.165, 1.54) is 16.0 Å². The number of benzene rings is 1. The first-order chi connectivity index (χ1) is 14.1. The van der Waals surface area contributed by atoms with Gasteiger partial charge in [0.15, 0.2) is 5.13 Å². The van der Waals surface area contributed by atoms with E-state index >= 15 is 0 Å². The maximum absolute atomic E-state index is 12.4. The Hall–Kier alpha value is -3.30. The van der Waals surface area contributed by atoms with Crippen LogP contribution in [0.15, 0.2) is 48.7 Å². The lowest BCUT2D eigenvalue weighted by atomic mass is 10.1. The number of aromatic nitrogens is 4. The van der Waals surface area contributed by atoms with Crippen molar-refractivity contribution in [1.29, 1.82) is 0 Å². The summed E-state index contributed by atoms with van der Waals surface area (Å²) in [6, 6.07) is 13.4. The highest BCUT2D eigenvalue weighted by Crippen LogP contribution is 2.32. The average molecular weight is 408 g/mol. The molecule has 0 radical (unpaired) electrons. The summed E-state index contributed by atoms with van der Waals surface area (Å²) in [7, 11) is 3.65. The minimum Gasteiger partial charge on any atom is -0.395 e. The molecule has 3 aromatic heterocycles. The Balaban J connectivity index is 1.65. The van der Waals surface area contributed by atoms with Crippen LogP contribution in [0.25, 0.3) is 21.6 Å². The van der Waals surface area contributed by atoms with Gasteiger partial charge in [-0.15, -0.1) is 0 Å². The smallest absolute Gasteiger partial charge is 0.275 e. The van der Waals surface area contributed by atoms with Crippen LogP contribution in [0.1, 0.15) is 10.5 Å². The second kappa shape index (κ2) is 7.98. The van der Waals surface area contributed by atoms with Crippen LogP contribution in [0, 0.1) is 0 Å². The summed E-state index contributed by atoms with van der Waals surface area (Å²) in [5.74, 6) is -0.264. The monoisotopic (exact) mass is 408 g/mol. The number of amides is 1. The van der Waals surface area contributed by atoms with Crippen LogP contribution in [-0.2, 0) is 7.05 Å². The zero-order chi connectivity index (χ0) is 20.4. The number of para-hydroxylation sites is 1. The number of hydrogen-bond donors (Lipinski definition) is 2. The fourth-order valence-corrected chi connectivity index (χ4v) is 3.91. The fourth-order valence-electron chi connectivity index (χ4n) is 3.07. The second-order valence-electron chi connectivity index (χ2n) is 6.50. The van der Waals surface area contributed by atoms with Crippen LogP contribution < -0.4 is 10.2 Å². The molecule has 2 N–H and O–H groups in total. The van der Waals surface area contributed by atoms with Crippen molar-refractivity contribution in [3.8, 4) is 11.3 Å². The fraction of sp³-hybridized carbons (Fsp3) is 0.200. The molecule has 0 bridgehead atoms. The summed E-state index contributed by atoms with van der Waals surface area (Å²) in [4.78, 5) is 24.3. The zero-order valence-corrected chi connectivity index (χ0v) is 16.8. The van der Waals surface area contributed by atoms with Crippen LogP contribution in [0.5, 0.6) is 0 Å². The quantitative estimate of drug-likeness (QED) is 0.509. The molecule has 0 atom stereocenters. The van der Waals surface area contributed by atoms with E-state index in [1.54, 1.807) is 19.3 Å². The molecule has 8 nitrogen and oxygen atoms in total. The Kier molecular flexibility index (Phi) is 5.24. The van der Waals surface area contributed by atoms with Gasteiger partial charge in [-0.05, 0) is 24.3 Å². The minimum atomic E-state index is -0.264. The van der Waals surface area contributed by atoms with Crippen molar-refractivity contribution in [3.05, 3.63) is 54.4 Å². The number of aliphatic hydroxyl groups is 1. The molecule has 29 heavy (non-hydrogen) atoms. The molecule has 9 heteroatoms. The van der Waals surface area contributed by atoms with E-state index in [9.17, 15) is 9.90 Å². The molecule has 0 aliphatic heterocycles. The van der Waals surface area contributed by atoms with Gasteiger partial charge in [-0.25, -0.2) is 9.97 Å². The van der Waals surface area contributed by atoms with E-state index in [4.69, 9.17) is 4.98 Å². The first-order valence-electron chi connectivity index (χ1n) is 9.05. The summed E-state index contributed by atoms with van der Waals surface area (Å²) in [6.45, 7) is 0.607. The van der Waals surface area contributed by atoms with Gasteiger partial charge in [0.25, 0.3) is 5.91 Å². The molecule has 0 aliphatic carbocycles. The van der Waals surface area contributed by atoms with Gasteiger partial charge >= 0.3 is 0 Å². The van der Waals surface area contributed by atoms with Crippen molar-refractivity contribution in [1.82, 2.24) is 19.7 Å². The van der Waals surface area contributed by atoms with Crippen LogP contribution in [0.4, 0.5) is 10.8 Å². The number of fused-ring (bicyclic) bond motifs is 1. The number of likely N-dealkylation sites (N-methyl/N-ethyl adjacent to an activating group) is 1. The highest BCUT2D eigenvalue weighted by Gasteiger charge is 2.15. The number of thiazole rings is 1. The molecule has 3 heterocycles. The molecule has 1 aromatic carbocycles. The van der Waals surface area contributed by atoms with Gasteiger partial charge in [-0.3, -0.25) is 14.8 Å². The summed E-state index contributed by atoms with van der Waals surface area (Å²) in [6.07, 6.45) is 1.58. The van der Waals surface area contributed by atoms with Crippen molar-refractivity contribution in [3.63, 3.8) is 0 Å². The van der Waals surface area contributed by atoms with E-state index in [2.05, 4.69) is 15.4 Å². The molecule has 0 spiro atoms. The second-order valence-corrected chi connectivity index (χ2v) is 7.47. The SMILES string of the molecule is CN(CCO)c1ccccc1-c1ccc2nc(NC(=O)c3ccnn3C)sc2n1. The predicted molar refractivity (Wildman–Crippen MR) is 114 cm³/mol. The lowest BCUT2D eigenvalue weighted by Gasteiger charge is -2.21. The Labute approximate surface area is 171 Å². The van der Waals surface area contributed by atoms with Gasteiger partial charge < -0.3 is 10.0 Å².